The highest BCUT2D eigenvalue weighted by Gasteiger charge is 2.17. The summed E-state index contributed by atoms with van der Waals surface area (Å²) in [6.45, 7) is 7.71. The molecule has 0 fully saturated rings. The molecule has 0 aromatic heterocycles. The molecule has 0 amide bonds. The van der Waals surface area contributed by atoms with Crippen LogP contribution in [0.25, 0.3) is 0 Å². The van der Waals surface area contributed by atoms with Gasteiger partial charge < -0.3 is 14.2 Å². The second-order valence-corrected chi connectivity index (χ2v) is 17.4. The normalized spacial score (nSPS) is 12.5. The summed E-state index contributed by atoms with van der Waals surface area (Å²) in [4.78, 5) is 25.4. The monoisotopic (exact) mass is 841 g/mol. The maximum Gasteiger partial charge on any atom is 0.306 e. The van der Waals surface area contributed by atoms with Crippen molar-refractivity contribution in [2.75, 3.05) is 19.8 Å². The first kappa shape index (κ1) is 57.9. The van der Waals surface area contributed by atoms with Crippen molar-refractivity contribution in [1.29, 1.82) is 0 Å². The van der Waals surface area contributed by atoms with Crippen LogP contribution in [0.5, 0.6) is 0 Å². The van der Waals surface area contributed by atoms with Gasteiger partial charge in [0.15, 0.2) is 6.10 Å². The largest absolute Gasteiger partial charge is 0.462 e. The summed E-state index contributed by atoms with van der Waals surface area (Å²) in [7, 11) is 0. The first-order valence-corrected chi connectivity index (χ1v) is 26.2. The van der Waals surface area contributed by atoms with Crippen molar-refractivity contribution in [3.05, 3.63) is 48.6 Å². The minimum Gasteiger partial charge on any atom is -0.462 e. The molecule has 1 unspecified atom stereocenters. The highest BCUT2D eigenvalue weighted by atomic mass is 16.6. The molecule has 0 saturated heterocycles. The summed E-state index contributed by atoms with van der Waals surface area (Å²) >= 11 is 0. The highest BCUT2D eigenvalue weighted by molar-refractivity contribution is 5.70. The van der Waals surface area contributed by atoms with Crippen LogP contribution in [0.2, 0.25) is 0 Å². The Hall–Kier alpha value is -2.14. The van der Waals surface area contributed by atoms with Gasteiger partial charge in [-0.05, 0) is 77.0 Å². The molecule has 5 nitrogen and oxygen atoms in total. The quantitative estimate of drug-likeness (QED) is 0.0347. The lowest BCUT2D eigenvalue weighted by Gasteiger charge is -2.18. The molecule has 0 aromatic carbocycles. The lowest BCUT2D eigenvalue weighted by Crippen LogP contribution is -2.30. The number of rotatable bonds is 48. The Balaban J connectivity index is 4.28. The molecule has 0 heterocycles. The van der Waals surface area contributed by atoms with Crippen molar-refractivity contribution < 1.29 is 23.8 Å². The van der Waals surface area contributed by atoms with E-state index in [-0.39, 0.29) is 25.2 Å². The van der Waals surface area contributed by atoms with Crippen molar-refractivity contribution in [3.8, 4) is 0 Å². The van der Waals surface area contributed by atoms with Crippen LogP contribution in [0.3, 0.4) is 0 Å². The fraction of sp³-hybridized carbons (Fsp3) is 0.818. The number of esters is 2. The molecular weight excluding hydrogens is 741 g/mol. The van der Waals surface area contributed by atoms with E-state index < -0.39 is 6.10 Å². The summed E-state index contributed by atoms with van der Waals surface area (Å²) in [6.07, 6.45) is 62.6. The van der Waals surface area contributed by atoms with Crippen LogP contribution in [0, 0.1) is 0 Å². The Morgan fingerprint density at radius 1 is 0.383 bits per heavy atom. The molecule has 0 N–H and O–H groups in total. The van der Waals surface area contributed by atoms with E-state index in [0.29, 0.717) is 19.4 Å². The Kier molecular flexibility index (Phi) is 49.4. The first-order chi connectivity index (χ1) is 29.6. The van der Waals surface area contributed by atoms with Gasteiger partial charge >= 0.3 is 11.9 Å². The molecule has 0 radical (unpaired) electrons. The lowest BCUT2D eigenvalue weighted by molar-refractivity contribution is -0.163. The zero-order valence-electron chi connectivity index (χ0n) is 40.2. The van der Waals surface area contributed by atoms with Crippen LogP contribution in [-0.2, 0) is 23.8 Å². The topological polar surface area (TPSA) is 61.8 Å². The van der Waals surface area contributed by atoms with E-state index >= 15 is 0 Å². The van der Waals surface area contributed by atoms with Gasteiger partial charge in [0.1, 0.15) is 6.61 Å². The van der Waals surface area contributed by atoms with E-state index in [1.54, 1.807) is 0 Å². The summed E-state index contributed by atoms with van der Waals surface area (Å²) < 4.78 is 17.4. The molecule has 60 heavy (non-hydrogen) atoms. The van der Waals surface area contributed by atoms with Crippen molar-refractivity contribution >= 4 is 11.9 Å². The third-order valence-electron chi connectivity index (χ3n) is 11.3. The third kappa shape index (κ3) is 48.5. The maximum atomic E-state index is 12.8. The summed E-state index contributed by atoms with van der Waals surface area (Å²) in [5, 5.41) is 0. The summed E-state index contributed by atoms with van der Waals surface area (Å²) in [5.41, 5.74) is 0. The predicted molar refractivity (Wildman–Crippen MR) is 261 cm³/mol. The van der Waals surface area contributed by atoms with Crippen molar-refractivity contribution in [3.63, 3.8) is 0 Å². The number of carbonyl (C=O) groups excluding carboxylic acids is 2. The molecule has 0 aliphatic heterocycles. The average Bonchev–Trinajstić information content (AvgIpc) is 3.25. The zero-order valence-corrected chi connectivity index (χ0v) is 40.2. The molecule has 0 aliphatic carbocycles. The number of ether oxygens (including phenoxy) is 3. The molecule has 0 rings (SSSR count). The molecule has 350 valence electrons. The Bertz CT molecular complexity index is 997. The summed E-state index contributed by atoms with van der Waals surface area (Å²) in [6, 6.07) is 0. The van der Waals surface area contributed by atoms with Gasteiger partial charge in [0, 0.05) is 19.4 Å². The number of hydrogen-bond acceptors (Lipinski definition) is 5. The van der Waals surface area contributed by atoms with E-state index in [1.807, 2.05) is 0 Å². The Morgan fingerprint density at radius 2 is 0.750 bits per heavy atom. The SMILES string of the molecule is CC/C=C\C/C=C\C/C=C\CCCCCC(=O)OC(COCCCCCCCCCCCCCCCCCC)COC(=O)CCCCCCC/C=C\CCCCCCCC. The van der Waals surface area contributed by atoms with E-state index in [9.17, 15) is 9.59 Å². The molecule has 0 bridgehead atoms. The Labute approximate surface area is 373 Å². The van der Waals surface area contributed by atoms with Crippen LogP contribution >= 0.6 is 0 Å². The van der Waals surface area contributed by atoms with Crippen LogP contribution in [0.4, 0.5) is 0 Å². The van der Waals surface area contributed by atoms with Crippen molar-refractivity contribution in [1.82, 2.24) is 0 Å². The van der Waals surface area contributed by atoms with Gasteiger partial charge in [-0.3, -0.25) is 9.59 Å². The van der Waals surface area contributed by atoms with E-state index in [1.165, 1.54) is 148 Å². The number of unbranched alkanes of at least 4 members (excludes halogenated alkanes) is 29. The van der Waals surface area contributed by atoms with Crippen molar-refractivity contribution in [2.24, 2.45) is 0 Å². The van der Waals surface area contributed by atoms with Crippen molar-refractivity contribution in [2.45, 2.75) is 271 Å². The number of carbonyl (C=O) groups is 2. The fourth-order valence-corrected chi connectivity index (χ4v) is 7.46. The lowest BCUT2D eigenvalue weighted by atomic mass is 10.0. The van der Waals surface area contributed by atoms with E-state index in [4.69, 9.17) is 14.2 Å². The van der Waals surface area contributed by atoms with Crippen LogP contribution in [0.15, 0.2) is 48.6 Å². The third-order valence-corrected chi connectivity index (χ3v) is 11.3. The maximum absolute atomic E-state index is 12.8. The minimum atomic E-state index is -0.551. The van der Waals surface area contributed by atoms with Gasteiger partial charge in [0.25, 0.3) is 0 Å². The second kappa shape index (κ2) is 51.2. The van der Waals surface area contributed by atoms with Crippen LogP contribution in [0.1, 0.15) is 265 Å². The Morgan fingerprint density at radius 3 is 1.23 bits per heavy atom. The van der Waals surface area contributed by atoms with Crippen LogP contribution in [-0.4, -0.2) is 37.9 Å². The van der Waals surface area contributed by atoms with Gasteiger partial charge in [-0.15, -0.1) is 0 Å². The standard InChI is InChI=1S/C55H100O5/c1-4-7-10-13-16-19-22-25-27-29-32-35-38-41-44-47-50-58-51-53(60-55(57)49-46-43-40-37-34-30-24-21-18-15-12-9-6-3)52-59-54(56)48-45-42-39-36-33-31-28-26-23-20-17-14-11-8-5-2/h9,12,18,21,26,28,30,34,53H,4-8,10-11,13-17,19-20,22-25,27,29,31-33,35-52H2,1-3H3/b12-9-,21-18-,28-26-,34-30-. The van der Waals surface area contributed by atoms with Gasteiger partial charge in [-0.1, -0.05) is 223 Å². The molecule has 1 atom stereocenters. The molecule has 0 aliphatic rings. The fourth-order valence-electron chi connectivity index (χ4n) is 7.46. The number of hydrogen-bond donors (Lipinski definition) is 0. The van der Waals surface area contributed by atoms with Gasteiger partial charge in [-0.2, -0.15) is 0 Å². The van der Waals surface area contributed by atoms with E-state index in [2.05, 4.69) is 69.4 Å². The molecular formula is C55H100O5. The average molecular weight is 841 g/mol. The minimum absolute atomic E-state index is 0.0722. The smallest absolute Gasteiger partial charge is 0.306 e. The number of allylic oxidation sites excluding steroid dienone is 8. The van der Waals surface area contributed by atoms with Gasteiger partial charge in [0.2, 0.25) is 0 Å². The van der Waals surface area contributed by atoms with Gasteiger partial charge in [0.05, 0.1) is 6.61 Å². The molecule has 0 spiro atoms. The zero-order chi connectivity index (χ0) is 43.5. The van der Waals surface area contributed by atoms with E-state index in [0.717, 1.165) is 83.5 Å². The molecule has 5 heteroatoms. The first-order valence-electron chi connectivity index (χ1n) is 26.2. The molecule has 0 saturated carbocycles. The summed E-state index contributed by atoms with van der Waals surface area (Å²) in [5.74, 6) is -0.430. The predicted octanol–water partition coefficient (Wildman–Crippen LogP) is 17.6. The van der Waals surface area contributed by atoms with Crippen LogP contribution < -0.4 is 0 Å². The van der Waals surface area contributed by atoms with Gasteiger partial charge in [-0.25, -0.2) is 0 Å². The second-order valence-electron chi connectivity index (χ2n) is 17.4. The highest BCUT2D eigenvalue weighted by Crippen LogP contribution is 2.15. The molecule has 0 aromatic rings.